The fourth-order valence-electron chi connectivity index (χ4n) is 3.34. The van der Waals surface area contributed by atoms with E-state index in [2.05, 4.69) is 17.1 Å². The lowest BCUT2D eigenvalue weighted by atomic mass is 9.83. The summed E-state index contributed by atoms with van der Waals surface area (Å²) < 4.78 is 5.60. The Kier molecular flexibility index (Phi) is 6.46. The molecule has 0 bridgehead atoms. The number of hydrogen-bond donors (Lipinski definition) is 1. The van der Waals surface area contributed by atoms with Gasteiger partial charge in [0.2, 0.25) is 0 Å². The molecule has 1 atom stereocenters. The maximum atomic E-state index is 5.60. The van der Waals surface area contributed by atoms with Crippen molar-refractivity contribution in [2.75, 3.05) is 39.4 Å². The molecule has 1 N–H and O–H groups in total. The Balaban J connectivity index is 1.67. The molecule has 0 aromatic rings. The third-order valence-electron chi connectivity index (χ3n) is 4.41. The highest BCUT2D eigenvalue weighted by molar-refractivity contribution is 4.85. The summed E-state index contributed by atoms with van der Waals surface area (Å²) in [6.45, 7) is 8.70. The summed E-state index contributed by atoms with van der Waals surface area (Å²) in [4.78, 5) is 2.59. The van der Waals surface area contributed by atoms with E-state index in [1.165, 1.54) is 45.2 Å². The minimum atomic E-state index is 0.741. The summed E-state index contributed by atoms with van der Waals surface area (Å²) in [6, 6.07) is 0.741. The molecule has 2 aliphatic rings. The van der Waals surface area contributed by atoms with Crippen LogP contribution in [0.4, 0.5) is 0 Å². The normalized spacial score (nSPS) is 27.5. The minimum Gasteiger partial charge on any atom is -0.380 e. The van der Waals surface area contributed by atoms with Gasteiger partial charge >= 0.3 is 0 Å². The monoisotopic (exact) mass is 254 g/mol. The third kappa shape index (κ3) is 4.52. The Morgan fingerprint density at radius 2 is 2.00 bits per heavy atom. The highest BCUT2D eigenvalue weighted by Gasteiger charge is 2.27. The van der Waals surface area contributed by atoms with Crippen molar-refractivity contribution in [2.45, 2.75) is 51.5 Å². The van der Waals surface area contributed by atoms with Crippen molar-refractivity contribution < 1.29 is 4.74 Å². The first kappa shape index (κ1) is 14.3. The van der Waals surface area contributed by atoms with Crippen LogP contribution in [0.1, 0.15) is 45.4 Å². The zero-order valence-corrected chi connectivity index (χ0v) is 12.0. The smallest absolute Gasteiger partial charge is 0.0593 e. The van der Waals surface area contributed by atoms with E-state index in [4.69, 9.17) is 4.74 Å². The van der Waals surface area contributed by atoms with Crippen LogP contribution in [0.25, 0.3) is 0 Å². The maximum absolute atomic E-state index is 5.60. The quantitative estimate of drug-likeness (QED) is 0.736. The van der Waals surface area contributed by atoms with Crippen LogP contribution in [-0.4, -0.2) is 50.3 Å². The van der Waals surface area contributed by atoms with Crippen LogP contribution < -0.4 is 5.32 Å². The highest BCUT2D eigenvalue weighted by Crippen LogP contribution is 2.27. The molecular formula is C15H30N2O. The number of rotatable bonds is 6. The van der Waals surface area contributed by atoms with Gasteiger partial charge in [0.15, 0.2) is 0 Å². The fourth-order valence-corrected chi connectivity index (χ4v) is 3.34. The number of ether oxygens (including phenoxy) is 1. The molecule has 2 fully saturated rings. The van der Waals surface area contributed by atoms with E-state index >= 15 is 0 Å². The minimum absolute atomic E-state index is 0.741. The van der Waals surface area contributed by atoms with Crippen molar-refractivity contribution in [3.8, 4) is 0 Å². The summed E-state index contributed by atoms with van der Waals surface area (Å²) in [5.41, 5.74) is 0. The average molecular weight is 254 g/mol. The molecule has 3 nitrogen and oxygen atoms in total. The standard InChI is InChI=1S/C15H30N2O/c1-2-11-18-12-10-17-9-8-16-15(13-17)14-6-4-3-5-7-14/h14-16H,2-13H2,1H3. The van der Waals surface area contributed by atoms with E-state index in [1.54, 1.807) is 0 Å². The predicted octanol–water partition coefficient (Wildman–Crippen LogP) is 2.27. The molecular weight excluding hydrogens is 224 g/mol. The van der Waals surface area contributed by atoms with Crippen molar-refractivity contribution in [2.24, 2.45) is 5.92 Å². The second-order valence-corrected chi connectivity index (χ2v) is 5.87. The number of nitrogens with one attached hydrogen (secondary N) is 1. The number of hydrogen-bond acceptors (Lipinski definition) is 3. The van der Waals surface area contributed by atoms with E-state index < -0.39 is 0 Å². The molecule has 0 aromatic heterocycles. The summed E-state index contributed by atoms with van der Waals surface area (Å²) in [5.74, 6) is 0.929. The Bertz CT molecular complexity index is 217. The van der Waals surface area contributed by atoms with E-state index in [0.29, 0.717) is 0 Å². The van der Waals surface area contributed by atoms with E-state index in [9.17, 15) is 0 Å². The Morgan fingerprint density at radius 1 is 1.17 bits per heavy atom. The molecule has 1 unspecified atom stereocenters. The van der Waals surface area contributed by atoms with Crippen LogP contribution in [0.2, 0.25) is 0 Å². The van der Waals surface area contributed by atoms with Crippen molar-refractivity contribution in [3.63, 3.8) is 0 Å². The summed E-state index contributed by atoms with van der Waals surface area (Å²) in [5, 5.41) is 3.74. The Labute approximate surface area is 112 Å². The first-order chi connectivity index (χ1) is 8.90. The summed E-state index contributed by atoms with van der Waals surface area (Å²) in [7, 11) is 0. The van der Waals surface area contributed by atoms with Crippen LogP contribution in [0.15, 0.2) is 0 Å². The maximum Gasteiger partial charge on any atom is 0.0593 e. The molecule has 2 rings (SSSR count). The van der Waals surface area contributed by atoms with Gasteiger partial charge in [0.05, 0.1) is 6.61 Å². The second-order valence-electron chi connectivity index (χ2n) is 5.87. The van der Waals surface area contributed by atoms with Gasteiger partial charge in [0.1, 0.15) is 0 Å². The van der Waals surface area contributed by atoms with Gasteiger partial charge in [-0.3, -0.25) is 4.90 Å². The van der Waals surface area contributed by atoms with Crippen molar-refractivity contribution in [3.05, 3.63) is 0 Å². The van der Waals surface area contributed by atoms with Gasteiger partial charge in [-0.1, -0.05) is 26.2 Å². The summed E-state index contributed by atoms with van der Waals surface area (Å²) in [6.07, 6.45) is 8.37. The molecule has 1 saturated heterocycles. The SMILES string of the molecule is CCCOCCN1CCNC(C2CCCCC2)C1. The van der Waals surface area contributed by atoms with Gasteiger partial charge in [-0.15, -0.1) is 0 Å². The van der Waals surface area contributed by atoms with Gasteiger partial charge < -0.3 is 10.1 Å². The second kappa shape index (κ2) is 8.13. The van der Waals surface area contributed by atoms with Crippen molar-refractivity contribution >= 4 is 0 Å². The van der Waals surface area contributed by atoms with Crippen molar-refractivity contribution in [1.82, 2.24) is 10.2 Å². The predicted molar refractivity (Wildman–Crippen MR) is 75.9 cm³/mol. The summed E-state index contributed by atoms with van der Waals surface area (Å²) >= 11 is 0. The van der Waals surface area contributed by atoms with Crippen LogP contribution >= 0.6 is 0 Å². The zero-order valence-electron chi connectivity index (χ0n) is 12.0. The Morgan fingerprint density at radius 3 is 2.78 bits per heavy atom. The fraction of sp³-hybridized carbons (Fsp3) is 1.00. The average Bonchev–Trinajstić information content (AvgIpc) is 2.45. The lowest BCUT2D eigenvalue weighted by Crippen LogP contribution is -2.54. The van der Waals surface area contributed by atoms with Crippen LogP contribution in [-0.2, 0) is 4.74 Å². The lowest BCUT2D eigenvalue weighted by molar-refractivity contribution is 0.0813. The highest BCUT2D eigenvalue weighted by atomic mass is 16.5. The topological polar surface area (TPSA) is 24.5 Å². The van der Waals surface area contributed by atoms with Crippen LogP contribution in [0, 0.1) is 5.92 Å². The van der Waals surface area contributed by atoms with E-state index in [0.717, 1.165) is 44.7 Å². The van der Waals surface area contributed by atoms with Gasteiger partial charge in [0.25, 0.3) is 0 Å². The molecule has 0 radical (unpaired) electrons. The van der Waals surface area contributed by atoms with Crippen LogP contribution in [0.3, 0.4) is 0 Å². The van der Waals surface area contributed by atoms with Gasteiger partial charge in [-0.25, -0.2) is 0 Å². The van der Waals surface area contributed by atoms with Gasteiger partial charge in [-0.2, -0.15) is 0 Å². The van der Waals surface area contributed by atoms with Crippen molar-refractivity contribution in [1.29, 1.82) is 0 Å². The molecule has 1 heterocycles. The molecule has 3 heteroatoms. The molecule has 0 aromatic carbocycles. The molecule has 1 aliphatic heterocycles. The first-order valence-electron chi connectivity index (χ1n) is 7.93. The largest absolute Gasteiger partial charge is 0.380 e. The molecule has 1 aliphatic carbocycles. The van der Waals surface area contributed by atoms with Gasteiger partial charge in [-0.05, 0) is 25.2 Å². The molecule has 106 valence electrons. The first-order valence-corrected chi connectivity index (χ1v) is 7.93. The molecule has 0 spiro atoms. The van der Waals surface area contributed by atoms with Crippen LogP contribution in [0.5, 0.6) is 0 Å². The lowest BCUT2D eigenvalue weighted by Gasteiger charge is -2.39. The molecule has 18 heavy (non-hydrogen) atoms. The molecule has 0 amide bonds. The molecule has 1 saturated carbocycles. The van der Waals surface area contributed by atoms with Gasteiger partial charge in [0, 0.05) is 38.8 Å². The Hall–Kier alpha value is -0.120. The number of piperazine rings is 1. The third-order valence-corrected chi connectivity index (χ3v) is 4.41. The zero-order chi connectivity index (χ0) is 12.6. The van der Waals surface area contributed by atoms with E-state index in [-0.39, 0.29) is 0 Å². The number of nitrogens with zero attached hydrogens (tertiary/aromatic N) is 1. The van der Waals surface area contributed by atoms with E-state index in [1.807, 2.05) is 0 Å².